The summed E-state index contributed by atoms with van der Waals surface area (Å²) >= 11 is 0. The monoisotopic (exact) mass is 114 g/mol. The van der Waals surface area contributed by atoms with Crippen molar-refractivity contribution in [2.75, 3.05) is 0 Å². The van der Waals surface area contributed by atoms with Crippen LogP contribution in [-0.2, 0) is 4.79 Å². The predicted octanol–water partition coefficient (Wildman–Crippen LogP) is 0.292. The smallest absolute Gasteiger partial charge is 0.217 e. The van der Waals surface area contributed by atoms with E-state index >= 15 is 0 Å². The second kappa shape index (κ2) is 3.18. The summed E-state index contributed by atoms with van der Waals surface area (Å²) in [6.07, 6.45) is 0.796. The van der Waals surface area contributed by atoms with Gasteiger partial charge < -0.3 is 11.1 Å². The van der Waals surface area contributed by atoms with Gasteiger partial charge in [0.25, 0.3) is 0 Å². The Morgan fingerprint density at radius 3 is 2.25 bits per heavy atom. The fourth-order valence-electron chi connectivity index (χ4n) is 0.311. The molecule has 0 saturated heterocycles. The predicted molar refractivity (Wildman–Crippen MR) is 31.8 cm³/mol. The molecule has 0 spiro atoms. The molecule has 3 nitrogen and oxygen atoms in total. The number of hydrogen-bond acceptors (Lipinski definition) is 2. The normalized spacial score (nSPS) is 8.62. The lowest BCUT2D eigenvalue weighted by Gasteiger charge is -1.90. The maximum atomic E-state index is 10.0. The second-order valence-corrected chi connectivity index (χ2v) is 1.75. The minimum atomic E-state index is -0.336. The molecule has 0 aliphatic heterocycles. The zero-order valence-electron chi connectivity index (χ0n) is 4.90. The van der Waals surface area contributed by atoms with Gasteiger partial charge in [0.1, 0.15) is 0 Å². The first-order chi connectivity index (χ1) is 3.63. The first kappa shape index (κ1) is 7.14. The van der Waals surface area contributed by atoms with Crippen molar-refractivity contribution in [3.8, 4) is 0 Å². The van der Waals surface area contributed by atoms with E-state index in [1.165, 1.54) is 0 Å². The molecular formula is C5H10N2O. The minimum absolute atomic E-state index is 0.301. The first-order valence-corrected chi connectivity index (χ1v) is 2.45. The third kappa shape index (κ3) is 5.14. The third-order valence-electron chi connectivity index (χ3n) is 0.746. The summed E-state index contributed by atoms with van der Waals surface area (Å²) in [6, 6.07) is 0. The van der Waals surface area contributed by atoms with Crippen molar-refractivity contribution in [2.24, 2.45) is 5.73 Å². The van der Waals surface area contributed by atoms with E-state index in [1.807, 2.05) is 0 Å². The van der Waals surface area contributed by atoms with Crippen LogP contribution < -0.4 is 5.73 Å². The highest BCUT2D eigenvalue weighted by molar-refractivity contribution is 5.84. The van der Waals surface area contributed by atoms with Gasteiger partial charge in [0.05, 0.1) is 0 Å². The van der Waals surface area contributed by atoms with E-state index < -0.39 is 0 Å². The Labute approximate surface area is 48.4 Å². The second-order valence-electron chi connectivity index (χ2n) is 1.75. The van der Waals surface area contributed by atoms with Gasteiger partial charge in [-0.15, -0.1) is 0 Å². The SMILES string of the molecule is CC(=N)CCC(N)=O. The van der Waals surface area contributed by atoms with E-state index in [0.717, 1.165) is 0 Å². The largest absolute Gasteiger partial charge is 0.370 e. The standard InChI is InChI=1S/C5H10N2O/c1-4(6)2-3-5(7)8/h6H,2-3H2,1H3,(H2,7,8). The summed E-state index contributed by atoms with van der Waals surface area (Å²) in [7, 11) is 0. The molecule has 0 aliphatic carbocycles. The molecule has 8 heavy (non-hydrogen) atoms. The van der Waals surface area contributed by atoms with Gasteiger partial charge in [0.2, 0.25) is 5.91 Å². The molecule has 0 atom stereocenters. The molecule has 0 aromatic carbocycles. The molecule has 0 aromatic heterocycles. The maximum Gasteiger partial charge on any atom is 0.217 e. The molecule has 0 unspecified atom stereocenters. The fourth-order valence-corrected chi connectivity index (χ4v) is 0.311. The summed E-state index contributed by atoms with van der Waals surface area (Å²) < 4.78 is 0. The number of hydrogen-bond donors (Lipinski definition) is 2. The average Bonchev–Trinajstić information content (AvgIpc) is 1.61. The van der Waals surface area contributed by atoms with Crippen LogP contribution in [0.3, 0.4) is 0 Å². The third-order valence-corrected chi connectivity index (χ3v) is 0.746. The van der Waals surface area contributed by atoms with E-state index in [9.17, 15) is 4.79 Å². The fraction of sp³-hybridized carbons (Fsp3) is 0.600. The van der Waals surface area contributed by atoms with Gasteiger partial charge in [-0.3, -0.25) is 4.79 Å². The Kier molecular flexibility index (Phi) is 2.84. The molecular weight excluding hydrogens is 104 g/mol. The van der Waals surface area contributed by atoms with E-state index in [1.54, 1.807) is 6.92 Å². The van der Waals surface area contributed by atoms with Crippen LogP contribution in [0.5, 0.6) is 0 Å². The molecule has 0 heterocycles. The van der Waals surface area contributed by atoms with Crippen LogP contribution in [-0.4, -0.2) is 11.6 Å². The Hall–Kier alpha value is -0.860. The molecule has 0 fully saturated rings. The quantitative estimate of drug-likeness (QED) is 0.509. The number of amides is 1. The highest BCUT2D eigenvalue weighted by atomic mass is 16.1. The minimum Gasteiger partial charge on any atom is -0.370 e. The first-order valence-electron chi connectivity index (χ1n) is 2.45. The molecule has 46 valence electrons. The summed E-state index contributed by atoms with van der Waals surface area (Å²) in [4.78, 5) is 10.0. The van der Waals surface area contributed by atoms with Crippen molar-refractivity contribution < 1.29 is 4.79 Å². The summed E-state index contributed by atoms with van der Waals surface area (Å²) in [5, 5.41) is 6.88. The van der Waals surface area contributed by atoms with Crippen LogP contribution in [0, 0.1) is 5.41 Å². The Morgan fingerprint density at radius 2 is 2.12 bits per heavy atom. The lowest BCUT2D eigenvalue weighted by molar-refractivity contribution is -0.117. The molecule has 0 bridgehead atoms. The lowest BCUT2D eigenvalue weighted by Crippen LogP contribution is -2.11. The van der Waals surface area contributed by atoms with Crippen molar-refractivity contribution in [3.63, 3.8) is 0 Å². The number of carbonyl (C=O) groups excluding carboxylic acids is 1. The van der Waals surface area contributed by atoms with Gasteiger partial charge >= 0.3 is 0 Å². The lowest BCUT2D eigenvalue weighted by atomic mass is 10.2. The number of primary amides is 1. The van der Waals surface area contributed by atoms with Gasteiger partial charge in [-0.1, -0.05) is 0 Å². The molecule has 0 saturated carbocycles. The molecule has 1 amide bonds. The van der Waals surface area contributed by atoms with Gasteiger partial charge in [-0.25, -0.2) is 0 Å². The maximum absolute atomic E-state index is 10.0. The van der Waals surface area contributed by atoms with Crippen LogP contribution >= 0.6 is 0 Å². The van der Waals surface area contributed by atoms with Crippen LogP contribution in [0.25, 0.3) is 0 Å². The van der Waals surface area contributed by atoms with Crippen LogP contribution in [0.15, 0.2) is 0 Å². The molecule has 0 aliphatic rings. The Bertz CT molecular complexity index is 95.0. The number of nitrogens with two attached hydrogens (primary N) is 1. The van der Waals surface area contributed by atoms with E-state index in [-0.39, 0.29) is 5.91 Å². The van der Waals surface area contributed by atoms with Crippen molar-refractivity contribution in [3.05, 3.63) is 0 Å². The Balaban J connectivity index is 3.18. The van der Waals surface area contributed by atoms with Gasteiger partial charge in [-0.2, -0.15) is 0 Å². The topological polar surface area (TPSA) is 66.9 Å². The molecule has 3 N–H and O–H groups in total. The average molecular weight is 114 g/mol. The van der Waals surface area contributed by atoms with E-state index in [4.69, 9.17) is 11.1 Å². The highest BCUT2D eigenvalue weighted by Gasteiger charge is 1.92. The van der Waals surface area contributed by atoms with E-state index in [0.29, 0.717) is 18.6 Å². The van der Waals surface area contributed by atoms with Crippen LogP contribution in [0.1, 0.15) is 19.8 Å². The molecule has 0 rings (SSSR count). The molecule has 0 aromatic rings. The van der Waals surface area contributed by atoms with E-state index in [2.05, 4.69) is 0 Å². The number of rotatable bonds is 3. The van der Waals surface area contributed by atoms with Crippen LogP contribution in [0.2, 0.25) is 0 Å². The zero-order chi connectivity index (χ0) is 6.57. The van der Waals surface area contributed by atoms with Crippen molar-refractivity contribution in [2.45, 2.75) is 19.8 Å². The molecule has 0 radical (unpaired) electrons. The molecule has 3 heteroatoms. The summed E-state index contributed by atoms with van der Waals surface area (Å²) in [6.45, 7) is 1.66. The zero-order valence-corrected chi connectivity index (χ0v) is 4.90. The van der Waals surface area contributed by atoms with Crippen molar-refractivity contribution >= 4 is 11.6 Å². The summed E-state index contributed by atoms with van der Waals surface area (Å²) in [5.41, 5.74) is 5.31. The Morgan fingerprint density at radius 1 is 1.62 bits per heavy atom. The number of carbonyl (C=O) groups is 1. The van der Waals surface area contributed by atoms with Crippen molar-refractivity contribution in [1.29, 1.82) is 5.41 Å². The van der Waals surface area contributed by atoms with Gasteiger partial charge in [0, 0.05) is 12.1 Å². The van der Waals surface area contributed by atoms with Crippen molar-refractivity contribution in [1.82, 2.24) is 0 Å². The van der Waals surface area contributed by atoms with Crippen LogP contribution in [0.4, 0.5) is 0 Å². The summed E-state index contributed by atoms with van der Waals surface area (Å²) in [5.74, 6) is -0.336. The van der Waals surface area contributed by atoms with Gasteiger partial charge in [-0.05, 0) is 13.3 Å². The number of nitrogens with one attached hydrogen (secondary N) is 1. The highest BCUT2D eigenvalue weighted by Crippen LogP contribution is 1.87. The van der Waals surface area contributed by atoms with Gasteiger partial charge in [0.15, 0.2) is 0 Å².